The molecule has 172 valence electrons. The van der Waals surface area contributed by atoms with E-state index < -0.39 is 15.9 Å². The minimum Gasteiger partial charge on any atom is -0.355 e. The number of benzene rings is 3. The first-order valence-electron chi connectivity index (χ1n) is 10.6. The molecular formula is C25H27N3O4S. The molecule has 0 atom stereocenters. The Morgan fingerprint density at radius 3 is 1.85 bits per heavy atom. The van der Waals surface area contributed by atoms with Crippen LogP contribution in [0.25, 0.3) is 0 Å². The van der Waals surface area contributed by atoms with Crippen molar-refractivity contribution in [2.24, 2.45) is 0 Å². The predicted octanol–water partition coefficient (Wildman–Crippen LogP) is 2.66. The summed E-state index contributed by atoms with van der Waals surface area (Å²) in [6.45, 7) is 0.288. The van der Waals surface area contributed by atoms with Gasteiger partial charge in [0.15, 0.2) is 0 Å². The number of sulfonamides is 1. The fraction of sp³-hybridized carbons (Fsp3) is 0.200. The number of hydrogen-bond acceptors (Lipinski definition) is 4. The summed E-state index contributed by atoms with van der Waals surface area (Å²) >= 11 is 0. The number of carbonyl (C=O) groups is 2. The second-order valence-corrected chi connectivity index (χ2v) is 9.31. The van der Waals surface area contributed by atoms with E-state index in [1.165, 1.54) is 42.4 Å². The van der Waals surface area contributed by atoms with Gasteiger partial charge in [-0.1, -0.05) is 60.7 Å². The highest BCUT2D eigenvalue weighted by Gasteiger charge is 2.15. The smallest absolute Gasteiger partial charge is 0.251 e. The molecule has 3 aromatic carbocycles. The summed E-state index contributed by atoms with van der Waals surface area (Å²) in [5, 5.41) is 5.41. The van der Waals surface area contributed by atoms with Gasteiger partial charge in [0.2, 0.25) is 15.9 Å². The Kier molecular flexibility index (Phi) is 8.34. The molecule has 0 aliphatic carbocycles. The summed E-state index contributed by atoms with van der Waals surface area (Å²) in [4.78, 5) is 24.6. The lowest BCUT2D eigenvalue weighted by Crippen LogP contribution is -2.37. The maximum atomic E-state index is 12.3. The zero-order valence-corrected chi connectivity index (χ0v) is 19.1. The van der Waals surface area contributed by atoms with Crippen molar-refractivity contribution in [2.75, 3.05) is 20.1 Å². The van der Waals surface area contributed by atoms with Crippen LogP contribution in [0.4, 0.5) is 0 Å². The summed E-state index contributed by atoms with van der Waals surface area (Å²) in [5.74, 6) is -0.600. The van der Waals surface area contributed by atoms with E-state index in [0.29, 0.717) is 6.54 Å². The van der Waals surface area contributed by atoms with Crippen LogP contribution in [0.2, 0.25) is 0 Å². The Morgan fingerprint density at radius 2 is 1.33 bits per heavy atom. The van der Waals surface area contributed by atoms with Crippen molar-refractivity contribution >= 4 is 21.8 Å². The van der Waals surface area contributed by atoms with E-state index in [4.69, 9.17) is 0 Å². The zero-order chi connectivity index (χ0) is 23.7. The SMILES string of the molecule is CNS(=O)(=O)c1ccc(C(=O)NCC(=O)NCCC(c2ccccc2)c2ccccc2)cc1. The molecule has 0 aromatic heterocycles. The second kappa shape index (κ2) is 11.4. The molecule has 0 aliphatic heterocycles. The van der Waals surface area contributed by atoms with E-state index in [2.05, 4.69) is 39.6 Å². The highest BCUT2D eigenvalue weighted by atomic mass is 32.2. The van der Waals surface area contributed by atoms with Crippen molar-refractivity contribution in [2.45, 2.75) is 17.2 Å². The monoisotopic (exact) mass is 465 g/mol. The van der Waals surface area contributed by atoms with Gasteiger partial charge in [0.25, 0.3) is 5.91 Å². The molecule has 3 N–H and O–H groups in total. The van der Waals surface area contributed by atoms with Gasteiger partial charge in [-0.2, -0.15) is 0 Å². The number of nitrogens with one attached hydrogen (secondary N) is 3. The van der Waals surface area contributed by atoms with Crippen LogP contribution in [-0.4, -0.2) is 40.4 Å². The lowest BCUT2D eigenvalue weighted by molar-refractivity contribution is -0.120. The maximum absolute atomic E-state index is 12.3. The fourth-order valence-corrected chi connectivity index (χ4v) is 4.21. The van der Waals surface area contributed by atoms with Crippen molar-refractivity contribution in [3.05, 3.63) is 102 Å². The molecular weight excluding hydrogens is 438 g/mol. The third kappa shape index (κ3) is 6.74. The molecule has 0 fully saturated rings. The molecule has 0 heterocycles. The number of rotatable bonds is 10. The standard InChI is InChI=1S/C25H27N3O4S/c1-26-33(31,32)22-14-12-21(13-15-22)25(30)28-18-24(29)27-17-16-23(19-8-4-2-5-9-19)20-10-6-3-7-11-20/h2-15,23,26H,16-18H2,1H3,(H,27,29)(H,28,30). The van der Waals surface area contributed by atoms with Crippen LogP contribution >= 0.6 is 0 Å². The van der Waals surface area contributed by atoms with Crippen molar-refractivity contribution in [1.82, 2.24) is 15.4 Å². The van der Waals surface area contributed by atoms with Crippen LogP contribution in [0.5, 0.6) is 0 Å². The highest BCUT2D eigenvalue weighted by Crippen LogP contribution is 2.27. The third-order valence-corrected chi connectivity index (χ3v) is 6.69. The van der Waals surface area contributed by atoms with Crippen LogP contribution in [0.3, 0.4) is 0 Å². The van der Waals surface area contributed by atoms with E-state index in [0.717, 1.165) is 6.42 Å². The quantitative estimate of drug-likeness (QED) is 0.428. The normalized spacial score (nSPS) is 11.2. The average molecular weight is 466 g/mol. The molecule has 7 nitrogen and oxygen atoms in total. The molecule has 0 radical (unpaired) electrons. The second-order valence-electron chi connectivity index (χ2n) is 7.43. The summed E-state index contributed by atoms with van der Waals surface area (Å²) in [5.41, 5.74) is 2.62. The first-order chi connectivity index (χ1) is 15.9. The van der Waals surface area contributed by atoms with Gasteiger partial charge in [-0.15, -0.1) is 0 Å². The molecule has 0 bridgehead atoms. The topological polar surface area (TPSA) is 104 Å². The van der Waals surface area contributed by atoms with E-state index >= 15 is 0 Å². The first-order valence-corrected chi connectivity index (χ1v) is 12.1. The summed E-state index contributed by atoms with van der Waals surface area (Å²) in [6.07, 6.45) is 0.717. The molecule has 0 spiro atoms. The Labute approximate surface area is 194 Å². The fourth-order valence-electron chi connectivity index (χ4n) is 3.48. The van der Waals surface area contributed by atoms with Gasteiger partial charge in [-0.05, 0) is 48.9 Å². The molecule has 3 rings (SSSR count). The van der Waals surface area contributed by atoms with E-state index in [9.17, 15) is 18.0 Å². The largest absolute Gasteiger partial charge is 0.355 e. The maximum Gasteiger partial charge on any atom is 0.251 e. The lowest BCUT2D eigenvalue weighted by atomic mass is 9.88. The molecule has 2 amide bonds. The number of hydrogen-bond donors (Lipinski definition) is 3. The molecule has 0 unspecified atom stereocenters. The third-order valence-electron chi connectivity index (χ3n) is 5.26. The Hall–Kier alpha value is -3.49. The Balaban J connectivity index is 1.51. The number of amides is 2. The number of carbonyl (C=O) groups excluding carboxylic acids is 2. The zero-order valence-electron chi connectivity index (χ0n) is 18.3. The summed E-state index contributed by atoms with van der Waals surface area (Å²) in [7, 11) is -2.25. The molecule has 0 aliphatic rings. The van der Waals surface area contributed by atoms with Crippen LogP contribution in [0.15, 0.2) is 89.8 Å². The van der Waals surface area contributed by atoms with E-state index in [-0.39, 0.29) is 28.8 Å². The minimum atomic E-state index is -3.57. The molecule has 33 heavy (non-hydrogen) atoms. The highest BCUT2D eigenvalue weighted by molar-refractivity contribution is 7.89. The molecule has 8 heteroatoms. The van der Waals surface area contributed by atoms with Gasteiger partial charge >= 0.3 is 0 Å². The molecule has 0 saturated carbocycles. The van der Waals surface area contributed by atoms with Crippen LogP contribution in [-0.2, 0) is 14.8 Å². The van der Waals surface area contributed by atoms with Gasteiger partial charge in [-0.3, -0.25) is 9.59 Å². The predicted molar refractivity (Wildman–Crippen MR) is 127 cm³/mol. The van der Waals surface area contributed by atoms with E-state index in [1.54, 1.807) is 0 Å². The van der Waals surface area contributed by atoms with Gasteiger partial charge in [0.1, 0.15) is 0 Å². The minimum absolute atomic E-state index is 0.0608. The van der Waals surface area contributed by atoms with Crippen molar-refractivity contribution in [1.29, 1.82) is 0 Å². The van der Waals surface area contributed by atoms with Crippen molar-refractivity contribution in [3.63, 3.8) is 0 Å². The van der Waals surface area contributed by atoms with Crippen molar-refractivity contribution < 1.29 is 18.0 Å². The Bertz CT molecular complexity index is 1130. The van der Waals surface area contributed by atoms with Gasteiger partial charge in [0.05, 0.1) is 11.4 Å². The lowest BCUT2D eigenvalue weighted by Gasteiger charge is -2.18. The van der Waals surface area contributed by atoms with Gasteiger partial charge < -0.3 is 10.6 Å². The van der Waals surface area contributed by atoms with Crippen molar-refractivity contribution in [3.8, 4) is 0 Å². The Morgan fingerprint density at radius 1 is 0.788 bits per heavy atom. The summed E-state index contributed by atoms with van der Waals surface area (Å²) in [6, 6.07) is 25.7. The van der Waals surface area contributed by atoms with Crippen LogP contribution in [0.1, 0.15) is 33.8 Å². The molecule has 0 saturated heterocycles. The van der Waals surface area contributed by atoms with Gasteiger partial charge in [-0.25, -0.2) is 13.1 Å². The van der Waals surface area contributed by atoms with Crippen LogP contribution in [0, 0.1) is 0 Å². The average Bonchev–Trinajstić information content (AvgIpc) is 2.86. The van der Waals surface area contributed by atoms with Crippen LogP contribution < -0.4 is 15.4 Å². The van der Waals surface area contributed by atoms with E-state index in [1.807, 2.05) is 36.4 Å². The van der Waals surface area contributed by atoms with Gasteiger partial charge in [0, 0.05) is 18.0 Å². The molecule has 3 aromatic rings. The summed E-state index contributed by atoms with van der Waals surface area (Å²) < 4.78 is 25.7. The first kappa shape index (κ1) is 24.2.